The van der Waals surface area contributed by atoms with Crippen LogP contribution in [0.5, 0.6) is 0 Å². The lowest BCUT2D eigenvalue weighted by Gasteiger charge is -2.16. The standard InChI is InChI=1S/C12H13F2NO2/c13-11(14)8-3-1-7(2-4-8)9-5-6-15-10(9)12(16)17/h1-4,9-11,15H,5-6H2,(H,16,17). The maximum atomic E-state index is 12.4. The summed E-state index contributed by atoms with van der Waals surface area (Å²) in [5.74, 6) is -1.04. The second-order valence-electron chi connectivity index (χ2n) is 4.13. The molecular formula is C12H13F2NO2. The Labute approximate surface area is 97.5 Å². The maximum Gasteiger partial charge on any atom is 0.321 e. The Balaban J connectivity index is 2.19. The number of hydrogen-bond donors (Lipinski definition) is 2. The molecule has 1 fully saturated rings. The van der Waals surface area contributed by atoms with Gasteiger partial charge in [0, 0.05) is 11.5 Å². The second-order valence-corrected chi connectivity index (χ2v) is 4.13. The molecule has 1 aliphatic heterocycles. The third kappa shape index (κ3) is 2.44. The number of carboxylic acid groups (broad SMARTS) is 1. The van der Waals surface area contributed by atoms with Crippen LogP contribution < -0.4 is 5.32 Å². The molecule has 92 valence electrons. The molecule has 3 nitrogen and oxygen atoms in total. The highest BCUT2D eigenvalue weighted by Gasteiger charge is 2.33. The Bertz CT molecular complexity index is 405. The van der Waals surface area contributed by atoms with Crippen molar-refractivity contribution in [1.82, 2.24) is 5.32 Å². The van der Waals surface area contributed by atoms with Crippen molar-refractivity contribution in [3.05, 3.63) is 35.4 Å². The Morgan fingerprint density at radius 3 is 2.53 bits per heavy atom. The lowest BCUT2D eigenvalue weighted by atomic mass is 9.91. The van der Waals surface area contributed by atoms with Crippen molar-refractivity contribution in [2.45, 2.75) is 24.8 Å². The molecule has 5 heteroatoms. The fraction of sp³-hybridized carbons (Fsp3) is 0.417. The quantitative estimate of drug-likeness (QED) is 0.852. The van der Waals surface area contributed by atoms with Crippen molar-refractivity contribution in [3.8, 4) is 0 Å². The zero-order chi connectivity index (χ0) is 12.4. The molecule has 0 spiro atoms. The highest BCUT2D eigenvalue weighted by atomic mass is 19.3. The normalized spacial score (nSPS) is 24.2. The third-order valence-electron chi connectivity index (χ3n) is 3.10. The zero-order valence-corrected chi connectivity index (χ0v) is 9.07. The molecule has 0 bridgehead atoms. The van der Waals surface area contributed by atoms with Crippen LogP contribution in [0, 0.1) is 0 Å². The molecule has 0 amide bonds. The van der Waals surface area contributed by atoms with Crippen molar-refractivity contribution >= 4 is 5.97 Å². The minimum Gasteiger partial charge on any atom is -0.480 e. The van der Waals surface area contributed by atoms with E-state index in [0.29, 0.717) is 13.0 Å². The van der Waals surface area contributed by atoms with Crippen LogP contribution in [-0.2, 0) is 4.79 Å². The summed E-state index contributed by atoms with van der Waals surface area (Å²) in [5.41, 5.74) is 0.762. The first-order chi connectivity index (χ1) is 8.09. The molecule has 1 aliphatic rings. The van der Waals surface area contributed by atoms with E-state index in [1.807, 2.05) is 0 Å². The fourth-order valence-electron chi connectivity index (χ4n) is 2.21. The van der Waals surface area contributed by atoms with Gasteiger partial charge in [-0.1, -0.05) is 24.3 Å². The average Bonchev–Trinajstić information content (AvgIpc) is 2.78. The van der Waals surface area contributed by atoms with Crippen LogP contribution >= 0.6 is 0 Å². The van der Waals surface area contributed by atoms with E-state index in [1.54, 1.807) is 12.1 Å². The monoisotopic (exact) mass is 241 g/mol. The zero-order valence-electron chi connectivity index (χ0n) is 9.07. The summed E-state index contributed by atoms with van der Waals surface area (Å²) < 4.78 is 24.7. The Kier molecular flexibility index (Phi) is 3.38. The van der Waals surface area contributed by atoms with E-state index >= 15 is 0 Å². The predicted octanol–water partition coefficient (Wildman–Crippen LogP) is 2.15. The number of halogens is 2. The maximum absolute atomic E-state index is 12.4. The molecule has 1 heterocycles. The van der Waals surface area contributed by atoms with Crippen molar-refractivity contribution in [1.29, 1.82) is 0 Å². The van der Waals surface area contributed by atoms with Gasteiger partial charge >= 0.3 is 5.97 Å². The lowest BCUT2D eigenvalue weighted by molar-refractivity contribution is -0.139. The van der Waals surface area contributed by atoms with Gasteiger partial charge in [-0.2, -0.15) is 0 Å². The number of carbonyl (C=O) groups is 1. The first kappa shape index (κ1) is 12.0. The number of hydrogen-bond acceptors (Lipinski definition) is 2. The van der Waals surface area contributed by atoms with Gasteiger partial charge in [-0.15, -0.1) is 0 Å². The molecule has 1 saturated heterocycles. The van der Waals surface area contributed by atoms with Crippen LogP contribution in [0.4, 0.5) is 8.78 Å². The summed E-state index contributed by atoms with van der Waals surface area (Å²) in [6, 6.07) is 5.28. The molecule has 1 aromatic rings. The summed E-state index contributed by atoms with van der Waals surface area (Å²) in [6.07, 6.45) is -1.77. The predicted molar refractivity (Wildman–Crippen MR) is 58.2 cm³/mol. The summed E-state index contributed by atoms with van der Waals surface area (Å²) in [6.45, 7) is 0.637. The molecule has 2 N–H and O–H groups in total. The van der Waals surface area contributed by atoms with E-state index in [9.17, 15) is 13.6 Å². The molecule has 2 atom stereocenters. The molecule has 17 heavy (non-hydrogen) atoms. The molecule has 2 rings (SSSR count). The van der Waals surface area contributed by atoms with E-state index < -0.39 is 18.4 Å². The van der Waals surface area contributed by atoms with Gasteiger partial charge in [0.1, 0.15) is 6.04 Å². The number of carboxylic acids is 1. The Hall–Kier alpha value is -1.49. The molecule has 0 radical (unpaired) electrons. The number of nitrogens with one attached hydrogen (secondary N) is 1. The average molecular weight is 241 g/mol. The van der Waals surface area contributed by atoms with Crippen molar-refractivity contribution in [3.63, 3.8) is 0 Å². The summed E-state index contributed by atoms with van der Waals surface area (Å²) in [5, 5.41) is 11.9. The van der Waals surface area contributed by atoms with Crippen LogP contribution in [0.3, 0.4) is 0 Å². The van der Waals surface area contributed by atoms with Crippen LogP contribution in [-0.4, -0.2) is 23.7 Å². The summed E-state index contributed by atoms with van der Waals surface area (Å²) in [4.78, 5) is 11.0. The molecular weight excluding hydrogens is 228 g/mol. The van der Waals surface area contributed by atoms with Crippen LogP contribution in [0.1, 0.15) is 29.9 Å². The second kappa shape index (κ2) is 4.79. The number of alkyl halides is 2. The van der Waals surface area contributed by atoms with Crippen LogP contribution in [0.2, 0.25) is 0 Å². The Morgan fingerprint density at radius 1 is 1.35 bits per heavy atom. The van der Waals surface area contributed by atoms with Gasteiger partial charge in [-0.25, -0.2) is 8.78 Å². The third-order valence-corrected chi connectivity index (χ3v) is 3.10. The van der Waals surface area contributed by atoms with Gasteiger partial charge in [0.2, 0.25) is 0 Å². The lowest BCUT2D eigenvalue weighted by Crippen LogP contribution is -2.34. The SMILES string of the molecule is O=C(O)C1NCCC1c1ccc(C(F)F)cc1. The minimum absolute atomic E-state index is 0.0356. The smallest absolute Gasteiger partial charge is 0.321 e. The van der Waals surface area contributed by atoms with Gasteiger partial charge < -0.3 is 10.4 Å². The van der Waals surface area contributed by atoms with Crippen molar-refractivity contribution in [2.24, 2.45) is 0 Å². The molecule has 0 aromatic heterocycles. The number of benzene rings is 1. The van der Waals surface area contributed by atoms with Crippen LogP contribution in [0.15, 0.2) is 24.3 Å². The van der Waals surface area contributed by atoms with E-state index in [4.69, 9.17) is 5.11 Å². The van der Waals surface area contributed by atoms with E-state index in [1.165, 1.54) is 12.1 Å². The van der Waals surface area contributed by atoms with E-state index in [2.05, 4.69) is 5.32 Å². The topological polar surface area (TPSA) is 49.3 Å². The van der Waals surface area contributed by atoms with Gasteiger partial charge in [-0.3, -0.25) is 4.79 Å². The van der Waals surface area contributed by atoms with Gasteiger partial charge in [0.15, 0.2) is 0 Å². The summed E-state index contributed by atoms with van der Waals surface area (Å²) in [7, 11) is 0. The van der Waals surface area contributed by atoms with Gasteiger partial charge in [0.05, 0.1) is 0 Å². The molecule has 0 aliphatic carbocycles. The highest BCUT2D eigenvalue weighted by Crippen LogP contribution is 2.29. The fourth-order valence-corrected chi connectivity index (χ4v) is 2.21. The number of rotatable bonds is 3. The molecule has 2 unspecified atom stereocenters. The highest BCUT2D eigenvalue weighted by molar-refractivity contribution is 5.75. The molecule has 1 aromatic carbocycles. The Morgan fingerprint density at radius 2 is 2.00 bits per heavy atom. The first-order valence-corrected chi connectivity index (χ1v) is 5.44. The van der Waals surface area contributed by atoms with Crippen molar-refractivity contribution in [2.75, 3.05) is 6.54 Å². The van der Waals surface area contributed by atoms with Gasteiger partial charge in [-0.05, 0) is 18.5 Å². The first-order valence-electron chi connectivity index (χ1n) is 5.44. The van der Waals surface area contributed by atoms with Crippen molar-refractivity contribution < 1.29 is 18.7 Å². The van der Waals surface area contributed by atoms with E-state index in [0.717, 1.165) is 5.56 Å². The molecule has 0 saturated carbocycles. The minimum atomic E-state index is -2.49. The number of aliphatic carboxylic acids is 1. The van der Waals surface area contributed by atoms with E-state index in [-0.39, 0.29) is 11.5 Å². The van der Waals surface area contributed by atoms with Crippen LogP contribution in [0.25, 0.3) is 0 Å². The largest absolute Gasteiger partial charge is 0.480 e. The summed E-state index contributed by atoms with van der Waals surface area (Å²) >= 11 is 0. The van der Waals surface area contributed by atoms with Gasteiger partial charge in [0.25, 0.3) is 6.43 Å².